The fourth-order valence-corrected chi connectivity index (χ4v) is 6.20. The van der Waals surface area contributed by atoms with E-state index in [0.717, 1.165) is 12.8 Å². The fourth-order valence-electron chi connectivity index (χ4n) is 6.20. The molecule has 2 unspecified atom stereocenters. The first-order valence-electron chi connectivity index (χ1n) is 12.2. The molecule has 1 amide bonds. The Balaban J connectivity index is 1.14. The second kappa shape index (κ2) is 8.66. The van der Waals surface area contributed by atoms with E-state index in [0.29, 0.717) is 30.7 Å². The van der Waals surface area contributed by atoms with Crippen LogP contribution in [0.1, 0.15) is 58.8 Å². The van der Waals surface area contributed by atoms with E-state index in [2.05, 4.69) is 35.3 Å². The lowest BCUT2D eigenvalue weighted by molar-refractivity contribution is 0.0504. The lowest BCUT2D eigenvalue weighted by Crippen LogP contribution is -2.48. The van der Waals surface area contributed by atoms with Crippen molar-refractivity contribution < 1.29 is 14.3 Å². The molecule has 35 heavy (non-hydrogen) atoms. The predicted octanol–water partition coefficient (Wildman–Crippen LogP) is 5.33. The van der Waals surface area contributed by atoms with Crippen molar-refractivity contribution in [3.05, 3.63) is 89.2 Å². The van der Waals surface area contributed by atoms with Gasteiger partial charge in [0, 0.05) is 30.1 Å². The Hall–Kier alpha value is -3.98. The lowest BCUT2D eigenvalue weighted by Gasteiger charge is -2.37. The van der Waals surface area contributed by atoms with Gasteiger partial charge in [0.2, 0.25) is 0 Å². The van der Waals surface area contributed by atoms with Gasteiger partial charge in [-0.25, -0.2) is 4.79 Å². The number of rotatable bonds is 4. The van der Waals surface area contributed by atoms with Crippen LogP contribution in [0.4, 0.5) is 4.79 Å². The van der Waals surface area contributed by atoms with Crippen LogP contribution in [0.15, 0.2) is 66.9 Å². The van der Waals surface area contributed by atoms with Crippen molar-refractivity contribution in [3.8, 4) is 17.2 Å². The van der Waals surface area contributed by atoms with Gasteiger partial charge in [0.25, 0.3) is 0 Å². The molecule has 0 spiro atoms. The molecule has 0 N–H and O–H groups in total. The molecule has 2 bridgehead atoms. The number of carbonyl (C=O) groups is 2. The Morgan fingerprint density at radius 3 is 2.23 bits per heavy atom. The molecule has 1 aromatic heterocycles. The summed E-state index contributed by atoms with van der Waals surface area (Å²) in [5.41, 5.74) is 5.57. The highest BCUT2D eigenvalue weighted by Gasteiger charge is 2.46. The molecule has 3 heterocycles. The maximum atomic E-state index is 13.2. The van der Waals surface area contributed by atoms with Gasteiger partial charge in [-0.05, 0) is 60.1 Å². The molecule has 2 fully saturated rings. The summed E-state index contributed by atoms with van der Waals surface area (Å²) in [6.07, 6.45) is 4.20. The standard InChI is InChI=1S/C29H25N3O3/c30-16-18-11-12-31-27(13-18)28(33)19-14-20-9-10-21(15-19)32(20)29(34)35-17-26-24-7-3-1-5-22(24)23-6-2-4-8-25(23)26/h1-8,11-13,19-21,26H,9-10,14-15,17H2. The molecule has 2 saturated heterocycles. The van der Waals surface area contributed by atoms with E-state index < -0.39 is 0 Å². The van der Waals surface area contributed by atoms with E-state index in [9.17, 15) is 9.59 Å². The summed E-state index contributed by atoms with van der Waals surface area (Å²) in [6.45, 7) is 0.302. The molecule has 3 aromatic rings. The number of ether oxygens (including phenoxy) is 1. The predicted molar refractivity (Wildman–Crippen MR) is 130 cm³/mol. The van der Waals surface area contributed by atoms with Crippen LogP contribution in [0.3, 0.4) is 0 Å². The number of hydrogen-bond donors (Lipinski definition) is 0. The quantitative estimate of drug-likeness (QED) is 0.489. The minimum absolute atomic E-state index is 0.00231. The first-order valence-corrected chi connectivity index (χ1v) is 12.2. The number of nitrogens with zero attached hydrogens (tertiary/aromatic N) is 3. The Kier molecular flexibility index (Phi) is 5.33. The van der Waals surface area contributed by atoms with Crippen molar-refractivity contribution in [2.45, 2.75) is 43.7 Å². The SMILES string of the molecule is N#Cc1ccnc(C(=O)C2CC3CCC(C2)N3C(=O)OCC2c3ccccc3-c3ccccc32)c1. The summed E-state index contributed by atoms with van der Waals surface area (Å²) < 4.78 is 5.92. The smallest absolute Gasteiger partial charge is 0.410 e. The number of nitriles is 1. The van der Waals surface area contributed by atoms with Crippen LogP contribution in [0.25, 0.3) is 11.1 Å². The van der Waals surface area contributed by atoms with Crippen molar-refractivity contribution in [1.29, 1.82) is 5.26 Å². The summed E-state index contributed by atoms with van der Waals surface area (Å²) in [7, 11) is 0. The van der Waals surface area contributed by atoms with E-state index in [1.54, 1.807) is 12.1 Å². The van der Waals surface area contributed by atoms with Crippen LogP contribution in [-0.4, -0.2) is 40.5 Å². The molecule has 2 aliphatic heterocycles. The molecular weight excluding hydrogens is 438 g/mol. The van der Waals surface area contributed by atoms with Gasteiger partial charge >= 0.3 is 6.09 Å². The van der Waals surface area contributed by atoms with E-state index in [1.165, 1.54) is 28.5 Å². The number of ketones is 1. The van der Waals surface area contributed by atoms with Crippen molar-refractivity contribution in [2.24, 2.45) is 5.92 Å². The van der Waals surface area contributed by atoms with Crippen molar-refractivity contribution in [3.63, 3.8) is 0 Å². The van der Waals surface area contributed by atoms with E-state index in [4.69, 9.17) is 10.00 Å². The maximum absolute atomic E-state index is 13.2. The van der Waals surface area contributed by atoms with Crippen molar-refractivity contribution in [1.82, 2.24) is 9.88 Å². The fraction of sp³-hybridized carbons (Fsp3) is 0.310. The molecule has 1 aliphatic carbocycles. The van der Waals surface area contributed by atoms with Gasteiger partial charge in [-0.3, -0.25) is 9.78 Å². The van der Waals surface area contributed by atoms with Gasteiger partial charge < -0.3 is 9.64 Å². The first kappa shape index (κ1) is 21.5. The molecule has 2 aromatic carbocycles. The van der Waals surface area contributed by atoms with Gasteiger partial charge in [-0.1, -0.05) is 48.5 Å². The Morgan fingerprint density at radius 2 is 1.60 bits per heavy atom. The van der Waals surface area contributed by atoms with Crippen LogP contribution >= 0.6 is 0 Å². The van der Waals surface area contributed by atoms with E-state index in [1.807, 2.05) is 29.2 Å². The summed E-state index contributed by atoms with van der Waals surface area (Å²) in [5, 5.41) is 9.13. The topological polar surface area (TPSA) is 83.3 Å². The van der Waals surface area contributed by atoms with Gasteiger partial charge in [0.1, 0.15) is 12.3 Å². The number of piperidine rings is 1. The zero-order chi connectivity index (χ0) is 23.9. The normalized spacial score (nSPS) is 22.3. The second-order valence-corrected chi connectivity index (χ2v) is 9.67. The molecular formula is C29H25N3O3. The van der Waals surface area contributed by atoms with Crippen LogP contribution in [0, 0.1) is 17.2 Å². The van der Waals surface area contributed by atoms with Crippen LogP contribution in [0.2, 0.25) is 0 Å². The van der Waals surface area contributed by atoms with E-state index >= 15 is 0 Å². The highest BCUT2D eigenvalue weighted by molar-refractivity contribution is 5.96. The Morgan fingerprint density at radius 1 is 0.971 bits per heavy atom. The Labute approximate surface area is 204 Å². The monoisotopic (exact) mass is 463 g/mol. The first-order chi connectivity index (χ1) is 17.1. The number of Topliss-reactive ketones (excluding diaryl/α,β-unsaturated/α-hetero) is 1. The highest BCUT2D eigenvalue weighted by atomic mass is 16.6. The van der Waals surface area contributed by atoms with Crippen LogP contribution in [-0.2, 0) is 4.74 Å². The molecule has 3 aliphatic rings. The highest BCUT2D eigenvalue weighted by Crippen LogP contribution is 2.45. The largest absolute Gasteiger partial charge is 0.448 e. The summed E-state index contributed by atoms with van der Waals surface area (Å²) >= 11 is 0. The number of hydrogen-bond acceptors (Lipinski definition) is 5. The molecule has 6 nitrogen and oxygen atoms in total. The van der Waals surface area contributed by atoms with Crippen molar-refractivity contribution >= 4 is 11.9 Å². The molecule has 6 heteroatoms. The third-order valence-electron chi connectivity index (χ3n) is 7.79. The summed E-state index contributed by atoms with van der Waals surface area (Å²) in [4.78, 5) is 32.4. The third kappa shape index (κ3) is 3.68. The van der Waals surface area contributed by atoms with Gasteiger partial charge in [-0.15, -0.1) is 0 Å². The number of benzene rings is 2. The number of fused-ring (bicyclic) bond motifs is 5. The second-order valence-electron chi connectivity index (χ2n) is 9.67. The minimum atomic E-state index is -0.283. The summed E-state index contributed by atoms with van der Waals surface area (Å²) in [5.74, 6) is -0.195. The molecule has 174 valence electrons. The van der Waals surface area contributed by atoms with E-state index in [-0.39, 0.29) is 35.8 Å². The summed E-state index contributed by atoms with van der Waals surface area (Å²) in [6, 6.07) is 21.8. The zero-order valence-corrected chi connectivity index (χ0v) is 19.3. The lowest BCUT2D eigenvalue weighted by atomic mass is 9.86. The van der Waals surface area contributed by atoms with Crippen LogP contribution in [0.5, 0.6) is 0 Å². The molecule has 0 radical (unpaired) electrons. The average Bonchev–Trinajstić information content (AvgIpc) is 3.37. The van der Waals surface area contributed by atoms with Crippen LogP contribution < -0.4 is 0 Å². The average molecular weight is 464 g/mol. The maximum Gasteiger partial charge on any atom is 0.410 e. The Bertz CT molecular complexity index is 1300. The minimum Gasteiger partial charge on any atom is -0.448 e. The number of amides is 1. The number of aromatic nitrogens is 1. The van der Waals surface area contributed by atoms with Crippen molar-refractivity contribution in [2.75, 3.05) is 6.61 Å². The number of pyridine rings is 1. The molecule has 2 atom stereocenters. The zero-order valence-electron chi connectivity index (χ0n) is 19.3. The van der Waals surface area contributed by atoms with Gasteiger partial charge in [0.15, 0.2) is 5.78 Å². The van der Waals surface area contributed by atoms with Gasteiger partial charge in [0.05, 0.1) is 11.6 Å². The third-order valence-corrected chi connectivity index (χ3v) is 7.79. The molecule has 6 rings (SSSR count). The number of carbonyl (C=O) groups excluding carboxylic acids is 2. The molecule has 0 saturated carbocycles. The van der Waals surface area contributed by atoms with Gasteiger partial charge in [-0.2, -0.15) is 5.26 Å².